The number of amides is 2. The highest BCUT2D eigenvalue weighted by Crippen LogP contribution is 2.34. The van der Waals surface area contributed by atoms with Gasteiger partial charge in [-0.25, -0.2) is 0 Å². The Labute approximate surface area is 118 Å². The molecule has 0 spiro atoms. The van der Waals surface area contributed by atoms with Gasteiger partial charge in [0.2, 0.25) is 11.8 Å². The van der Waals surface area contributed by atoms with Crippen molar-refractivity contribution >= 4 is 17.6 Å². The summed E-state index contributed by atoms with van der Waals surface area (Å²) in [7, 11) is 0. The molecule has 1 unspecified atom stereocenters. The van der Waals surface area contributed by atoms with Crippen LogP contribution in [0.4, 0.5) is 5.82 Å². The Morgan fingerprint density at radius 1 is 1.50 bits per heavy atom. The van der Waals surface area contributed by atoms with E-state index in [2.05, 4.69) is 34.7 Å². The van der Waals surface area contributed by atoms with E-state index in [1.54, 1.807) is 0 Å². The Hall–Kier alpha value is -1.85. The van der Waals surface area contributed by atoms with E-state index < -0.39 is 0 Å². The molecule has 1 aliphatic heterocycles. The second-order valence-electron chi connectivity index (χ2n) is 6.37. The summed E-state index contributed by atoms with van der Waals surface area (Å²) in [6.45, 7) is 8.37. The maximum Gasteiger partial charge on any atom is 0.231 e. The second kappa shape index (κ2) is 5.26. The molecular weight excluding hydrogens is 256 g/mol. The van der Waals surface area contributed by atoms with Crippen LogP contribution < -0.4 is 10.6 Å². The third-order valence-electron chi connectivity index (χ3n) is 3.85. The van der Waals surface area contributed by atoms with Crippen molar-refractivity contribution in [1.29, 1.82) is 0 Å². The van der Waals surface area contributed by atoms with E-state index >= 15 is 0 Å². The Morgan fingerprint density at radius 2 is 2.20 bits per heavy atom. The smallest absolute Gasteiger partial charge is 0.231 e. The number of hydrogen-bond donors (Lipinski definition) is 3. The molecule has 1 saturated heterocycles. The molecule has 0 radical (unpaired) electrons. The Bertz CT molecular complexity index is 519. The molecule has 1 aromatic heterocycles. The minimum atomic E-state index is -0.344. The number of aromatic nitrogens is 2. The van der Waals surface area contributed by atoms with E-state index in [1.165, 1.54) is 0 Å². The minimum Gasteiger partial charge on any atom is -0.355 e. The molecule has 1 fully saturated rings. The van der Waals surface area contributed by atoms with Crippen LogP contribution in [0.1, 0.15) is 45.7 Å². The molecule has 6 nitrogen and oxygen atoms in total. The van der Waals surface area contributed by atoms with Crippen molar-refractivity contribution in [3.63, 3.8) is 0 Å². The van der Waals surface area contributed by atoms with E-state index in [1.807, 2.05) is 19.9 Å². The van der Waals surface area contributed by atoms with Crippen LogP contribution >= 0.6 is 0 Å². The summed E-state index contributed by atoms with van der Waals surface area (Å²) >= 11 is 0. The van der Waals surface area contributed by atoms with Crippen LogP contribution in [0, 0.1) is 11.3 Å². The maximum atomic E-state index is 12.4. The lowest BCUT2D eigenvalue weighted by Crippen LogP contribution is -2.50. The lowest BCUT2D eigenvalue weighted by molar-refractivity contribution is -0.132. The van der Waals surface area contributed by atoms with E-state index in [0.29, 0.717) is 24.7 Å². The van der Waals surface area contributed by atoms with Gasteiger partial charge < -0.3 is 10.6 Å². The maximum absolute atomic E-state index is 12.4. The summed E-state index contributed by atoms with van der Waals surface area (Å²) in [5, 5.41) is 12.6. The fourth-order valence-electron chi connectivity index (χ4n) is 2.45. The zero-order chi connectivity index (χ0) is 14.9. The van der Waals surface area contributed by atoms with Gasteiger partial charge >= 0.3 is 0 Å². The molecule has 0 saturated carbocycles. The summed E-state index contributed by atoms with van der Waals surface area (Å²) < 4.78 is 0. The van der Waals surface area contributed by atoms with Crippen molar-refractivity contribution < 1.29 is 9.59 Å². The number of carbonyl (C=O) groups is 2. The van der Waals surface area contributed by atoms with Crippen molar-refractivity contribution in [3.8, 4) is 0 Å². The third kappa shape index (κ3) is 3.00. The number of hydrogen-bond acceptors (Lipinski definition) is 3. The van der Waals surface area contributed by atoms with Gasteiger partial charge in [0.05, 0.1) is 5.92 Å². The molecule has 1 aliphatic rings. The summed E-state index contributed by atoms with van der Waals surface area (Å²) in [5.41, 5.74) is 0.639. The molecule has 110 valence electrons. The van der Waals surface area contributed by atoms with Crippen LogP contribution in [0.5, 0.6) is 0 Å². The quantitative estimate of drug-likeness (QED) is 0.785. The van der Waals surface area contributed by atoms with Crippen LogP contribution in [0.2, 0.25) is 0 Å². The fraction of sp³-hybridized carbons (Fsp3) is 0.643. The predicted octanol–water partition coefficient (Wildman–Crippen LogP) is 1.63. The van der Waals surface area contributed by atoms with Gasteiger partial charge in [-0.3, -0.25) is 14.7 Å². The molecule has 6 heteroatoms. The number of H-pyrrole nitrogens is 1. The van der Waals surface area contributed by atoms with Crippen molar-refractivity contribution in [2.24, 2.45) is 11.3 Å². The van der Waals surface area contributed by atoms with Crippen LogP contribution in [-0.4, -0.2) is 28.6 Å². The fourth-order valence-corrected chi connectivity index (χ4v) is 2.45. The first-order valence-electron chi connectivity index (χ1n) is 6.92. The third-order valence-corrected chi connectivity index (χ3v) is 3.85. The first kappa shape index (κ1) is 14.6. The lowest BCUT2D eigenvalue weighted by atomic mass is 9.73. The number of nitrogens with one attached hydrogen (secondary N) is 3. The van der Waals surface area contributed by atoms with Gasteiger partial charge in [0, 0.05) is 24.7 Å². The highest BCUT2D eigenvalue weighted by Gasteiger charge is 2.40. The Kier molecular flexibility index (Phi) is 3.83. The molecule has 2 heterocycles. The number of aromatic amines is 1. The van der Waals surface area contributed by atoms with Crippen LogP contribution in [-0.2, 0) is 9.59 Å². The Balaban J connectivity index is 2.05. The molecule has 2 rings (SSSR count). The summed E-state index contributed by atoms with van der Waals surface area (Å²) in [6, 6.07) is 1.84. The summed E-state index contributed by atoms with van der Waals surface area (Å²) in [6.07, 6.45) is 0.364. The second-order valence-corrected chi connectivity index (χ2v) is 6.37. The molecule has 0 aromatic carbocycles. The zero-order valence-corrected chi connectivity index (χ0v) is 12.4. The van der Waals surface area contributed by atoms with Gasteiger partial charge in [-0.15, -0.1) is 0 Å². The molecule has 3 N–H and O–H groups in total. The normalized spacial score (nSPS) is 21.6. The standard InChI is InChI=1S/C14H22N4O2/c1-8(2)10-5-11(18-17-10)16-13(20)9-7-15-12(19)6-14(9,3)4/h5,8-9H,6-7H2,1-4H3,(H,15,19)(H2,16,17,18,20). The van der Waals surface area contributed by atoms with Crippen molar-refractivity contribution in [1.82, 2.24) is 15.5 Å². The van der Waals surface area contributed by atoms with Gasteiger partial charge in [-0.05, 0) is 11.3 Å². The average Bonchev–Trinajstić information content (AvgIpc) is 2.75. The topological polar surface area (TPSA) is 86.9 Å². The van der Waals surface area contributed by atoms with E-state index in [0.717, 1.165) is 5.69 Å². The zero-order valence-electron chi connectivity index (χ0n) is 12.4. The Morgan fingerprint density at radius 3 is 2.75 bits per heavy atom. The van der Waals surface area contributed by atoms with Gasteiger partial charge in [0.1, 0.15) is 0 Å². The van der Waals surface area contributed by atoms with E-state index in [9.17, 15) is 9.59 Å². The van der Waals surface area contributed by atoms with Crippen LogP contribution in [0.3, 0.4) is 0 Å². The number of anilines is 1. The monoisotopic (exact) mass is 278 g/mol. The van der Waals surface area contributed by atoms with E-state index in [-0.39, 0.29) is 23.1 Å². The largest absolute Gasteiger partial charge is 0.355 e. The van der Waals surface area contributed by atoms with Crippen molar-refractivity contribution in [3.05, 3.63) is 11.8 Å². The molecule has 0 aliphatic carbocycles. The average molecular weight is 278 g/mol. The first-order chi connectivity index (χ1) is 9.29. The summed E-state index contributed by atoms with van der Waals surface area (Å²) in [4.78, 5) is 23.8. The molecular formula is C14H22N4O2. The highest BCUT2D eigenvalue weighted by molar-refractivity contribution is 5.94. The molecule has 1 atom stereocenters. The van der Waals surface area contributed by atoms with Gasteiger partial charge in [-0.2, -0.15) is 5.10 Å². The van der Waals surface area contributed by atoms with Crippen LogP contribution in [0.25, 0.3) is 0 Å². The molecule has 1 aromatic rings. The number of carbonyl (C=O) groups excluding carboxylic acids is 2. The first-order valence-corrected chi connectivity index (χ1v) is 6.92. The van der Waals surface area contributed by atoms with Crippen LogP contribution in [0.15, 0.2) is 6.07 Å². The lowest BCUT2D eigenvalue weighted by Gasteiger charge is -2.36. The molecule has 0 bridgehead atoms. The molecule has 2 amide bonds. The number of piperidine rings is 1. The van der Waals surface area contributed by atoms with E-state index in [4.69, 9.17) is 0 Å². The number of rotatable bonds is 3. The van der Waals surface area contributed by atoms with Crippen molar-refractivity contribution in [2.45, 2.75) is 40.0 Å². The van der Waals surface area contributed by atoms with Crippen molar-refractivity contribution in [2.75, 3.05) is 11.9 Å². The molecule has 20 heavy (non-hydrogen) atoms. The van der Waals surface area contributed by atoms with Gasteiger partial charge in [0.25, 0.3) is 0 Å². The minimum absolute atomic E-state index is 0.000846. The van der Waals surface area contributed by atoms with Gasteiger partial charge in [0.15, 0.2) is 5.82 Å². The predicted molar refractivity (Wildman–Crippen MR) is 76.2 cm³/mol. The highest BCUT2D eigenvalue weighted by atomic mass is 16.2. The summed E-state index contributed by atoms with van der Waals surface area (Å²) in [5.74, 6) is 0.516. The number of nitrogens with zero attached hydrogens (tertiary/aromatic N) is 1. The van der Waals surface area contributed by atoms with Gasteiger partial charge in [-0.1, -0.05) is 27.7 Å². The SMILES string of the molecule is CC(C)c1cc(NC(=O)C2CNC(=O)CC2(C)C)n[nH]1.